The van der Waals surface area contributed by atoms with Crippen molar-refractivity contribution >= 4 is 5.97 Å². The molecule has 0 saturated carbocycles. The monoisotopic (exact) mass is 352 g/mol. The van der Waals surface area contributed by atoms with Crippen molar-refractivity contribution < 1.29 is 9.90 Å². The lowest BCUT2D eigenvalue weighted by atomic mass is 10.3. The van der Waals surface area contributed by atoms with Gasteiger partial charge in [0, 0.05) is 6.92 Å². The predicted molar refractivity (Wildman–Crippen MR) is 109 cm³/mol. The highest BCUT2D eigenvalue weighted by Gasteiger charge is 1.69. The van der Waals surface area contributed by atoms with Gasteiger partial charge in [0.05, 0.1) is 0 Å². The third kappa shape index (κ3) is 165. The molecule has 9 N–H and O–H groups in total. The summed E-state index contributed by atoms with van der Waals surface area (Å²) in [5.41, 5.74) is 20.6. The highest BCUT2D eigenvalue weighted by atomic mass is 16.4. The molecule has 152 valence electrons. The Labute approximate surface area is 151 Å². The van der Waals surface area contributed by atoms with Gasteiger partial charge >= 0.3 is 0 Å². The van der Waals surface area contributed by atoms with Gasteiger partial charge in [0.15, 0.2) is 0 Å². The second-order valence-electron chi connectivity index (χ2n) is 5.09. The first kappa shape index (κ1) is 34.6. The number of nitrogens with two attached hydrogens (primary N) is 4. The van der Waals surface area contributed by atoms with Crippen LogP contribution in [0.4, 0.5) is 0 Å². The molecule has 0 spiro atoms. The van der Waals surface area contributed by atoms with Crippen LogP contribution in [-0.4, -0.2) is 37.3 Å². The van der Waals surface area contributed by atoms with Crippen LogP contribution in [0, 0.1) is 0 Å². The van der Waals surface area contributed by atoms with Crippen molar-refractivity contribution in [3.05, 3.63) is 0 Å². The highest BCUT2D eigenvalue weighted by Crippen LogP contribution is 1.78. The van der Waals surface area contributed by atoms with E-state index in [0.717, 1.165) is 33.1 Å². The van der Waals surface area contributed by atoms with Crippen LogP contribution < -0.4 is 22.9 Å². The molecule has 0 aliphatic rings. The zero-order chi connectivity index (χ0) is 20.1. The van der Waals surface area contributed by atoms with Crippen molar-refractivity contribution in [1.82, 2.24) is 0 Å². The Morgan fingerprint density at radius 3 is 0.750 bits per heavy atom. The molecule has 0 aliphatic carbocycles. The Hall–Kier alpha value is -0.690. The molecule has 6 heteroatoms. The summed E-state index contributed by atoms with van der Waals surface area (Å²) in [5.74, 6) is -0.833. The molecule has 0 heterocycles. The van der Waals surface area contributed by atoms with E-state index in [4.69, 9.17) is 32.8 Å². The van der Waals surface area contributed by atoms with Crippen molar-refractivity contribution in [2.45, 2.75) is 86.0 Å². The van der Waals surface area contributed by atoms with E-state index in [1.54, 1.807) is 0 Å². The van der Waals surface area contributed by atoms with Crippen LogP contribution in [-0.2, 0) is 4.79 Å². The molecule has 0 saturated heterocycles. The normalized spacial score (nSPS) is 8.04. The van der Waals surface area contributed by atoms with E-state index in [-0.39, 0.29) is 0 Å². The quantitative estimate of drug-likeness (QED) is 0.454. The van der Waals surface area contributed by atoms with Crippen molar-refractivity contribution in [3.8, 4) is 0 Å². The van der Waals surface area contributed by atoms with E-state index in [0.29, 0.717) is 0 Å². The lowest BCUT2D eigenvalue weighted by molar-refractivity contribution is -0.134. The van der Waals surface area contributed by atoms with Gasteiger partial charge in [-0.3, -0.25) is 4.79 Å². The van der Waals surface area contributed by atoms with Gasteiger partial charge in [0.1, 0.15) is 0 Å². The smallest absolute Gasteiger partial charge is 0.300 e. The van der Waals surface area contributed by atoms with Crippen LogP contribution in [0.2, 0.25) is 0 Å². The fraction of sp³-hybridized carbons (Fsp3) is 0.944. The second-order valence-corrected chi connectivity index (χ2v) is 5.09. The molecule has 0 aliphatic heterocycles. The van der Waals surface area contributed by atoms with E-state index in [9.17, 15) is 0 Å². The molecule has 0 aromatic rings. The molecular weight excluding hydrogens is 304 g/mol. The standard InChI is InChI=1S/4C4H11N.C2H4O2/c4*1-2-3-4-5;1-2(3)4/h4*2-5H2,1H3;1H3,(H,3,4). The van der Waals surface area contributed by atoms with E-state index >= 15 is 0 Å². The number of carbonyl (C=O) groups is 1. The molecule has 0 aromatic heterocycles. The summed E-state index contributed by atoms with van der Waals surface area (Å²) in [6.45, 7) is 13.0. The average Bonchev–Trinajstić information content (AvgIpc) is 2.52. The van der Waals surface area contributed by atoms with Crippen molar-refractivity contribution in [3.63, 3.8) is 0 Å². The van der Waals surface area contributed by atoms with Crippen LogP contribution in [0.15, 0.2) is 0 Å². The number of aliphatic carboxylic acids is 1. The second kappa shape index (κ2) is 49.5. The zero-order valence-electron chi connectivity index (χ0n) is 17.2. The highest BCUT2D eigenvalue weighted by molar-refractivity contribution is 5.62. The molecular formula is C18H48N4O2. The third-order valence-electron chi connectivity index (χ3n) is 2.23. The van der Waals surface area contributed by atoms with Crippen LogP contribution in [0.5, 0.6) is 0 Å². The summed E-state index contributed by atoms with van der Waals surface area (Å²) in [4.78, 5) is 9.00. The maximum absolute atomic E-state index is 9.00. The molecule has 0 unspecified atom stereocenters. The first-order valence-electron chi connectivity index (χ1n) is 9.39. The summed E-state index contributed by atoms with van der Waals surface area (Å²) in [7, 11) is 0. The third-order valence-corrected chi connectivity index (χ3v) is 2.23. The predicted octanol–water partition coefficient (Wildman–Crippen LogP) is 3.07. The lowest BCUT2D eigenvalue weighted by Crippen LogP contribution is -1.95. The van der Waals surface area contributed by atoms with Gasteiger partial charge < -0.3 is 28.0 Å². The minimum absolute atomic E-state index is 0.833. The Balaban J connectivity index is -0.0000000628. The topological polar surface area (TPSA) is 141 Å². The van der Waals surface area contributed by atoms with Crippen molar-refractivity contribution in [2.24, 2.45) is 22.9 Å². The van der Waals surface area contributed by atoms with Crippen molar-refractivity contribution in [1.29, 1.82) is 0 Å². The number of unbranched alkanes of at least 4 members (excludes halogenated alkanes) is 4. The molecule has 0 amide bonds. The number of rotatable bonds is 8. The van der Waals surface area contributed by atoms with Gasteiger partial charge in [-0.2, -0.15) is 0 Å². The van der Waals surface area contributed by atoms with Crippen LogP contribution in [0.1, 0.15) is 86.0 Å². The molecule has 0 radical (unpaired) electrons. The minimum Gasteiger partial charge on any atom is -0.481 e. The molecule has 0 aromatic carbocycles. The van der Waals surface area contributed by atoms with Gasteiger partial charge in [-0.1, -0.05) is 53.4 Å². The van der Waals surface area contributed by atoms with Gasteiger partial charge in [0.25, 0.3) is 5.97 Å². The van der Waals surface area contributed by atoms with E-state index in [1.165, 1.54) is 51.4 Å². The van der Waals surface area contributed by atoms with Gasteiger partial charge in [-0.15, -0.1) is 0 Å². The zero-order valence-corrected chi connectivity index (χ0v) is 17.2. The van der Waals surface area contributed by atoms with E-state index in [2.05, 4.69) is 27.7 Å². The van der Waals surface area contributed by atoms with Gasteiger partial charge in [-0.25, -0.2) is 0 Å². The summed E-state index contributed by atoms with van der Waals surface area (Å²) >= 11 is 0. The van der Waals surface area contributed by atoms with Crippen molar-refractivity contribution in [2.75, 3.05) is 26.2 Å². The average molecular weight is 353 g/mol. The number of carboxylic acids is 1. The van der Waals surface area contributed by atoms with Gasteiger partial charge in [-0.05, 0) is 51.9 Å². The molecule has 0 rings (SSSR count). The molecule has 6 nitrogen and oxygen atoms in total. The summed E-state index contributed by atoms with van der Waals surface area (Å²) in [6, 6.07) is 0. The number of carboxylic acid groups (broad SMARTS) is 1. The Kier molecular flexibility index (Phi) is 71.3. The fourth-order valence-electron chi connectivity index (χ4n) is 0.816. The Morgan fingerprint density at radius 1 is 0.625 bits per heavy atom. The summed E-state index contributed by atoms with van der Waals surface area (Å²) in [6.07, 6.45) is 9.54. The maximum atomic E-state index is 9.00. The van der Waals surface area contributed by atoms with Gasteiger partial charge in [0.2, 0.25) is 0 Å². The number of hydrogen-bond acceptors (Lipinski definition) is 5. The lowest BCUT2D eigenvalue weighted by Gasteiger charge is -1.80. The fourth-order valence-corrected chi connectivity index (χ4v) is 0.816. The Morgan fingerprint density at radius 2 is 0.750 bits per heavy atom. The first-order chi connectivity index (χ1) is 11.4. The summed E-state index contributed by atoms with van der Waals surface area (Å²) in [5, 5.41) is 7.42. The molecule has 0 fully saturated rings. The van der Waals surface area contributed by atoms with Crippen LogP contribution in [0.25, 0.3) is 0 Å². The summed E-state index contributed by atoms with van der Waals surface area (Å²) < 4.78 is 0. The van der Waals surface area contributed by atoms with E-state index < -0.39 is 5.97 Å². The minimum atomic E-state index is -0.833. The van der Waals surface area contributed by atoms with Crippen LogP contribution in [0.3, 0.4) is 0 Å². The van der Waals surface area contributed by atoms with E-state index in [1.807, 2.05) is 0 Å². The SMILES string of the molecule is CC(=O)O.CCCCN.CCCCN.CCCCN.CCCCN. The molecule has 0 atom stereocenters. The Bertz CT molecular complexity index is 135. The largest absolute Gasteiger partial charge is 0.481 e. The number of hydrogen-bond donors (Lipinski definition) is 5. The van der Waals surface area contributed by atoms with Crippen LogP contribution >= 0.6 is 0 Å². The first-order valence-corrected chi connectivity index (χ1v) is 9.39. The molecule has 24 heavy (non-hydrogen) atoms. The molecule has 0 bridgehead atoms. The maximum Gasteiger partial charge on any atom is 0.300 e.